The summed E-state index contributed by atoms with van der Waals surface area (Å²) >= 11 is 0. The average molecular weight is 460 g/mol. The van der Waals surface area contributed by atoms with Gasteiger partial charge in [0.2, 0.25) is 10.0 Å². The molecule has 1 saturated heterocycles. The predicted octanol–water partition coefficient (Wildman–Crippen LogP) is 3.05. The molecule has 2 aromatic carbocycles. The van der Waals surface area contributed by atoms with Crippen molar-refractivity contribution in [2.75, 3.05) is 44.2 Å². The van der Waals surface area contributed by atoms with Gasteiger partial charge in [-0.25, -0.2) is 17.9 Å². The lowest BCUT2D eigenvalue weighted by molar-refractivity contribution is 0.0526. The van der Waals surface area contributed by atoms with Crippen molar-refractivity contribution < 1.29 is 17.9 Å². The first-order chi connectivity index (χ1) is 15.3. The number of sulfonamides is 1. The highest BCUT2D eigenvalue weighted by Crippen LogP contribution is 2.18. The van der Waals surface area contributed by atoms with E-state index >= 15 is 0 Å². The van der Waals surface area contributed by atoms with E-state index in [1.807, 2.05) is 6.92 Å². The second-order valence-electron chi connectivity index (χ2n) is 8.22. The van der Waals surface area contributed by atoms with Crippen molar-refractivity contribution in [1.82, 2.24) is 9.62 Å². The number of rotatable bonds is 9. The van der Waals surface area contributed by atoms with Crippen molar-refractivity contribution >= 4 is 21.7 Å². The maximum Gasteiger partial charge on any atom is 0.338 e. The van der Waals surface area contributed by atoms with Crippen LogP contribution < -0.4 is 9.62 Å². The first-order valence-electron chi connectivity index (χ1n) is 11.1. The number of hydrogen-bond donors (Lipinski definition) is 1. The van der Waals surface area contributed by atoms with E-state index < -0.39 is 16.0 Å². The maximum atomic E-state index is 12.7. The number of nitrogens with one attached hydrogen (secondary N) is 1. The molecule has 0 aliphatic carbocycles. The van der Waals surface area contributed by atoms with E-state index in [-0.39, 0.29) is 17.5 Å². The summed E-state index contributed by atoms with van der Waals surface area (Å²) in [6, 6.07) is 14.2. The molecule has 0 aromatic heterocycles. The first-order valence-corrected chi connectivity index (χ1v) is 12.6. The van der Waals surface area contributed by atoms with E-state index in [1.165, 1.54) is 35.5 Å². The molecule has 7 nitrogen and oxygen atoms in total. The molecule has 1 atom stereocenters. The Morgan fingerprint density at radius 2 is 1.78 bits per heavy atom. The molecule has 1 N–H and O–H groups in total. The number of carbonyl (C=O) groups is 1. The van der Waals surface area contributed by atoms with Crippen molar-refractivity contribution in [2.24, 2.45) is 0 Å². The number of benzene rings is 2. The van der Waals surface area contributed by atoms with Crippen LogP contribution in [0.25, 0.3) is 0 Å². The van der Waals surface area contributed by atoms with Gasteiger partial charge in [0.1, 0.15) is 0 Å². The van der Waals surface area contributed by atoms with Crippen molar-refractivity contribution in [3.63, 3.8) is 0 Å². The zero-order valence-electron chi connectivity index (χ0n) is 19.1. The Morgan fingerprint density at radius 3 is 2.41 bits per heavy atom. The fourth-order valence-corrected chi connectivity index (χ4v) is 5.09. The van der Waals surface area contributed by atoms with Gasteiger partial charge in [-0.15, -0.1) is 0 Å². The highest BCUT2D eigenvalue weighted by Gasteiger charge is 2.21. The number of hydrogen-bond acceptors (Lipinski definition) is 6. The monoisotopic (exact) mass is 459 g/mol. The molecular formula is C24H33N3O4S. The van der Waals surface area contributed by atoms with Crippen LogP contribution in [-0.2, 0) is 14.8 Å². The summed E-state index contributed by atoms with van der Waals surface area (Å²) in [5.41, 5.74) is 2.87. The molecule has 8 heteroatoms. The number of anilines is 1. The van der Waals surface area contributed by atoms with Gasteiger partial charge in [0, 0.05) is 37.9 Å². The van der Waals surface area contributed by atoms with Crippen molar-refractivity contribution in [2.45, 2.75) is 38.1 Å². The maximum absolute atomic E-state index is 12.7. The zero-order chi connectivity index (χ0) is 23.1. The van der Waals surface area contributed by atoms with Gasteiger partial charge in [-0.1, -0.05) is 12.1 Å². The summed E-state index contributed by atoms with van der Waals surface area (Å²) < 4.78 is 33.0. The van der Waals surface area contributed by atoms with Crippen molar-refractivity contribution in [3.8, 4) is 0 Å². The number of nitrogens with zero attached hydrogens (tertiary/aromatic N) is 2. The third-order valence-corrected chi connectivity index (χ3v) is 7.25. The minimum absolute atomic E-state index is 0.143. The minimum atomic E-state index is -3.64. The molecule has 2 aromatic rings. The van der Waals surface area contributed by atoms with Crippen LogP contribution in [0.15, 0.2) is 53.4 Å². The number of aryl methyl sites for hydroxylation is 1. The van der Waals surface area contributed by atoms with Crippen LogP contribution in [0.4, 0.5) is 5.69 Å². The molecule has 1 aliphatic heterocycles. The van der Waals surface area contributed by atoms with Crippen LogP contribution in [0, 0.1) is 6.92 Å². The van der Waals surface area contributed by atoms with Crippen LogP contribution in [0.3, 0.4) is 0 Å². The minimum Gasteiger partial charge on any atom is -0.462 e. The molecule has 1 fully saturated rings. The van der Waals surface area contributed by atoms with Gasteiger partial charge >= 0.3 is 5.97 Å². The lowest BCUT2D eigenvalue weighted by atomic mass is 10.2. The lowest BCUT2D eigenvalue weighted by Gasteiger charge is -2.36. The number of piperazine rings is 1. The van der Waals surface area contributed by atoms with Crippen LogP contribution in [0.2, 0.25) is 0 Å². The van der Waals surface area contributed by atoms with E-state index in [0.717, 1.165) is 39.1 Å². The Hall–Kier alpha value is -2.42. The van der Waals surface area contributed by atoms with E-state index in [9.17, 15) is 13.2 Å². The molecule has 3 rings (SSSR count). The Balaban J connectivity index is 1.46. The largest absolute Gasteiger partial charge is 0.462 e. The van der Waals surface area contributed by atoms with Gasteiger partial charge in [0.25, 0.3) is 0 Å². The summed E-state index contributed by atoms with van der Waals surface area (Å²) in [4.78, 5) is 16.7. The standard InChI is InChI=1S/C24H33N3O4S/c1-4-31-24(28)21-8-10-23(11-9-21)32(29,30)25-20(3)12-13-26-14-16-27(17-15-26)22-7-5-6-19(2)18-22/h5-11,18,20,25H,4,12-17H2,1-3H3. The molecule has 0 spiro atoms. The highest BCUT2D eigenvalue weighted by molar-refractivity contribution is 7.89. The second-order valence-corrected chi connectivity index (χ2v) is 9.94. The number of esters is 1. The molecule has 32 heavy (non-hydrogen) atoms. The van der Waals surface area contributed by atoms with Crippen LogP contribution in [-0.4, -0.2) is 64.7 Å². The van der Waals surface area contributed by atoms with E-state index in [1.54, 1.807) is 6.92 Å². The lowest BCUT2D eigenvalue weighted by Crippen LogP contribution is -2.47. The third-order valence-electron chi connectivity index (χ3n) is 5.65. The molecule has 0 amide bonds. The highest BCUT2D eigenvalue weighted by atomic mass is 32.2. The van der Waals surface area contributed by atoms with E-state index in [2.05, 4.69) is 45.7 Å². The van der Waals surface area contributed by atoms with Crippen LogP contribution >= 0.6 is 0 Å². The van der Waals surface area contributed by atoms with E-state index in [0.29, 0.717) is 5.56 Å². The van der Waals surface area contributed by atoms with Gasteiger partial charge in [-0.05, 0) is 75.7 Å². The van der Waals surface area contributed by atoms with Gasteiger partial charge in [-0.3, -0.25) is 4.90 Å². The van der Waals surface area contributed by atoms with Gasteiger partial charge in [0.05, 0.1) is 17.1 Å². The zero-order valence-corrected chi connectivity index (χ0v) is 19.9. The third kappa shape index (κ3) is 6.54. The smallest absolute Gasteiger partial charge is 0.338 e. The average Bonchev–Trinajstić information content (AvgIpc) is 2.78. The second kappa shape index (κ2) is 10.9. The SMILES string of the molecule is CCOC(=O)c1ccc(S(=O)(=O)NC(C)CCN2CCN(c3cccc(C)c3)CC2)cc1. The van der Waals surface area contributed by atoms with Crippen LogP contribution in [0.1, 0.15) is 36.2 Å². The van der Waals surface area contributed by atoms with Crippen molar-refractivity contribution in [1.29, 1.82) is 0 Å². The molecule has 174 valence electrons. The molecule has 1 unspecified atom stereocenters. The van der Waals surface area contributed by atoms with Crippen LogP contribution in [0.5, 0.6) is 0 Å². The summed E-state index contributed by atoms with van der Waals surface area (Å²) in [5, 5.41) is 0. The fourth-order valence-electron chi connectivity index (χ4n) is 3.81. The summed E-state index contributed by atoms with van der Waals surface area (Å²) in [6.07, 6.45) is 0.727. The van der Waals surface area contributed by atoms with Gasteiger partial charge < -0.3 is 9.64 Å². The summed E-state index contributed by atoms with van der Waals surface area (Å²) in [5.74, 6) is -0.458. The number of carbonyl (C=O) groups excluding carboxylic acids is 1. The summed E-state index contributed by atoms with van der Waals surface area (Å²) in [7, 11) is -3.64. The Morgan fingerprint density at radius 1 is 1.09 bits per heavy atom. The van der Waals surface area contributed by atoms with Gasteiger partial charge in [-0.2, -0.15) is 0 Å². The van der Waals surface area contributed by atoms with Crippen molar-refractivity contribution in [3.05, 3.63) is 59.7 Å². The topological polar surface area (TPSA) is 78.9 Å². The normalized spacial score (nSPS) is 16.0. The Kier molecular flexibility index (Phi) is 8.28. The fraction of sp³-hybridized carbons (Fsp3) is 0.458. The molecule has 1 aliphatic rings. The Bertz CT molecular complexity index is 1000. The summed E-state index contributed by atoms with van der Waals surface area (Å²) in [6.45, 7) is 10.7. The molecule has 1 heterocycles. The van der Waals surface area contributed by atoms with Gasteiger partial charge in [0.15, 0.2) is 0 Å². The quantitative estimate of drug-likeness (QED) is 0.581. The molecule has 0 radical (unpaired) electrons. The first kappa shape index (κ1) is 24.2. The van der Waals surface area contributed by atoms with E-state index in [4.69, 9.17) is 4.74 Å². The number of ether oxygens (including phenoxy) is 1. The molecule has 0 saturated carbocycles. The molecular weight excluding hydrogens is 426 g/mol. The predicted molar refractivity (Wildman–Crippen MR) is 127 cm³/mol. The Labute approximate surface area is 191 Å². The molecule has 0 bridgehead atoms.